The number of hydrogen-bond donors (Lipinski definition) is 3. The maximum absolute atomic E-state index is 12.2. The number of aromatic amines is 1. The van der Waals surface area contributed by atoms with Crippen molar-refractivity contribution in [2.24, 2.45) is 0 Å². The lowest BCUT2D eigenvalue weighted by Crippen LogP contribution is -2.33. The highest BCUT2D eigenvalue weighted by molar-refractivity contribution is 7.99. The highest BCUT2D eigenvalue weighted by Crippen LogP contribution is 2.22. The van der Waals surface area contributed by atoms with Crippen molar-refractivity contribution < 1.29 is 4.79 Å². The van der Waals surface area contributed by atoms with Crippen molar-refractivity contribution in [3.8, 4) is 5.69 Å². The third-order valence-electron chi connectivity index (χ3n) is 4.74. The minimum Gasteiger partial charge on any atom is -0.353 e. The predicted molar refractivity (Wildman–Crippen MR) is 112 cm³/mol. The van der Waals surface area contributed by atoms with Gasteiger partial charge in [-0.3, -0.25) is 19.9 Å². The summed E-state index contributed by atoms with van der Waals surface area (Å²) in [5.41, 5.74) is 3.69. The van der Waals surface area contributed by atoms with Crippen LogP contribution in [0.1, 0.15) is 38.4 Å². The summed E-state index contributed by atoms with van der Waals surface area (Å²) in [5.74, 6) is 0.192. The number of nitrogens with one attached hydrogen (secondary N) is 3. The van der Waals surface area contributed by atoms with Crippen LogP contribution in [0.15, 0.2) is 29.4 Å². The molecule has 0 radical (unpaired) electrons. The van der Waals surface area contributed by atoms with Crippen molar-refractivity contribution in [1.82, 2.24) is 25.1 Å². The molecule has 8 heteroatoms. The molecule has 3 rings (SSSR count). The second kappa shape index (κ2) is 8.60. The van der Waals surface area contributed by atoms with Gasteiger partial charge in [-0.2, -0.15) is 5.10 Å². The molecule has 0 aliphatic carbocycles. The second-order valence-electron chi connectivity index (χ2n) is 6.81. The summed E-state index contributed by atoms with van der Waals surface area (Å²) >= 11 is 1.32. The minimum absolute atomic E-state index is 0.0427. The topological polar surface area (TPSA) is 99.4 Å². The lowest BCUT2D eigenvalue weighted by atomic mass is 10.1. The number of benzene rings is 1. The van der Waals surface area contributed by atoms with Gasteiger partial charge < -0.3 is 5.32 Å². The highest BCUT2D eigenvalue weighted by Gasteiger charge is 2.16. The average Bonchev–Trinajstić information content (AvgIpc) is 3.07. The zero-order valence-electron chi connectivity index (χ0n) is 16.7. The molecule has 0 bridgehead atoms. The number of hydrogen-bond acceptors (Lipinski definition) is 5. The molecule has 0 saturated carbocycles. The van der Waals surface area contributed by atoms with Gasteiger partial charge in [-0.05, 0) is 44.4 Å². The van der Waals surface area contributed by atoms with Gasteiger partial charge in [0.2, 0.25) is 5.91 Å². The molecule has 3 aromatic rings. The van der Waals surface area contributed by atoms with Gasteiger partial charge in [0, 0.05) is 17.4 Å². The molecule has 1 atom stereocenters. The van der Waals surface area contributed by atoms with Gasteiger partial charge >= 0.3 is 0 Å². The molecule has 0 aliphatic heterocycles. The first-order valence-electron chi connectivity index (χ1n) is 9.48. The molecule has 1 aromatic carbocycles. The van der Waals surface area contributed by atoms with E-state index < -0.39 is 0 Å². The fourth-order valence-electron chi connectivity index (χ4n) is 2.89. The van der Waals surface area contributed by atoms with E-state index in [1.807, 2.05) is 32.9 Å². The molecular formula is C20H26N6OS. The van der Waals surface area contributed by atoms with E-state index >= 15 is 0 Å². The number of nitrogens with zero attached hydrogens (tertiary/aromatic N) is 3. The second-order valence-corrected chi connectivity index (χ2v) is 7.75. The lowest BCUT2D eigenvalue weighted by molar-refractivity contribution is -0.119. The molecule has 7 nitrogen and oxygen atoms in total. The van der Waals surface area contributed by atoms with E-state index in [2.05, 4.69) is 39.6 Å². The zero-order chi connectivity index (χ0) is 20.3. The normalized spacial score (nSPS) is 12.3. The summed E-state index contributed by atoms with van der Waals surface area (Å²) in [6.07, 6.45) is 1.84. The van der Waals surface area contributed by atoms with Gasteiger partial charge in [0.05, 0.1) is 11.1 Å². The van der Waals surface area contributed by atoms with E-state index in [9.17, 15) is 4.79 Å². The third kappa shape index (κ3) is 4.11. The molecule has 148 valence electrons. The number of aryl methyl sites for hydroxylation is 2. The number of aromatic nitrogens is 4. The zero-order valence-corrected chi connectivity index (χ0v) is 17.5. The number of H-pyrrole nitrogens is 1. The van der Waals surface area contributed by atoms with Crippen molar-refractivity contribution in [3.63, 3.8) is 0 Å². The Bertz CT molecular complexity index is 1040. The van der Waals surface area contributed by atoms with Crippen molar-refractivity contribution in [2.45, 2.75) is 51.7 Å². The first kappa shape index (κ1) is 20.1. The fourth-order valence-corrected chi connectivity index (χ4v) is 3.71. The van der Waals surface area contributed by atoms with Gasteiger partial charge in [0.15, 0.2) is 10.8 Å². The van der Waals surface area contributed by atoms with Gasteiger partial charge in [-0.1, -0.05) is 37.7 Å². The van der Waals surface area contributed by atoms with Crippen LogP contribution in [0.3, 0.4) is 0 Å². The van der Waals surface area contributed by atoms with Crippen LogP contribution in [-0.4, -0.2) is 37.5 Å². The smallest absolute Gasteiger partial charge is 0.230 e. The monoisotopic (exact) mass is 398 g/mol. The number of carbonyl (C=O) groups excluding carboxylic acids is 1. The maximum atomic E-state index is 12.2. The number of carbonyl (C=O) groups is 1. The molecule has 0 fully saturated rings. The van der Waals surface area contributed by atoms with Crippen LogP contribution in [0, 0.1) is 12.3 Å². The summed E-state index contributed by atoms with van der Waals surface area (Å²) < 4.78 is 1.78. The number of rotatable bonds is 7. The Labute approximate surface area is 168 Å². The van der Waals surface area contributed by atoms with Crippen LogP contribution in [0.4, 0.5) is 0 Å². The molecule has 0 saturated heterocycles. The molecule has 1 unspecified atom stereocenters. The molecule has 2 heterocycles. The van der Waals surface area contributed by atoms with E-state index in [-0.39, 0.29) is 17.7 Å². The van der Waals surface area contributed by atoms with Crippen molar-refractivity contribution >= 4 is 28.7 Å². The highest BCUT2D eigenvalue weighted by atomic mass is 32.2. The van der Waals surface area contributed by atoms with Gasteiger partial charge in [0.25, 0.3) is 0 Å². The molecule has 28 heavy (non-hydrogen) atoms. The fraction of sp³-hybridized carbons (Fsp3) is 0.400. The van der Waals surface area contributed by atoms with E-state index in [1.165, 1.54) is 17.3 Å². The van der Waals surface area contributed by atoms with Crippen LogP contribution in [0.25, 0.3) is 16.7 Å². The summed E-state index contributed by atoms with van der Waals surface area (Å²) in [4.78, 5) is 16.9. The third-order valence-corrected chi connectivity index (χ3v) is 5.67. The SMILES string of the molecule is CCc1ccc(-n2c(SCC(=O)NC(C)CC)nc3n[nH]c(C)c3c2=N)cc1. The summed E-state index contributed by atoms with van der Waals surface area (Å²) in [7, 11) is 0. The van der Waals surface area contributed by atoms with Crippen molar-refractivity contribution in [1.29, 1.82) is 5.41 Å². The van der Waals surface area contributed by atoms with Crippen LogP contribution in [-0.2, 0) is 11.2 Å². The van der Waals surface area contributed by atoms with E-state index in [0.29, 0.717) is 21.7 Å². The standard InChI is InChI=1S/C20H26N6OS/c1-5-12(3)22-16(27)11-28-20-23-19-17(13(4)24-25-19)18(21)26(20)15-9-7-14(6-2)8-10-15/h7-10,12,21H,5-6,11H2,1-4H3,(H,22,27)(H,24,25). The summed E-state index contributed by atoms with van der Waals surface area (Å²) in [6.45, 7) is 8.01. The number of fused-ring (bicyclic) bond motifs is 1. The van der Waals surface area contributed by atoms with Gasteiger partial charge in [-0.15, -0.1) is 0 Å². The Morgan fingerprint density at radius 1 is 1.32 bits per heavy atom. The molecule has 2 aromatic heterocycles. The molecule has 1 amide bonds. The Morgan fingerprint density at radius 3 is 2.68 bits per heavy atom. The largest absolute Gasteiger partial charge is 0.353 e. The van der Waals surface area contributed by atoms with E-state index in [0.717, 1.165) is 24.2 Å². The number of amides is 1. The molecular weight excluding hydrogens is 372 g/mol. The van der Waals surface area contributed by atoms with Crippen molar-refractivity contribution in [2.75, 3.05) is 5.75 Å². The van der Waals surface area contributed by atoms with E-state index in [1.54, 1.807) is 4.57 Å². The Morgan fingerprint density at radius 2 is 2.04 bits per heavy atom. The van der Waals surface area contributed by atoms with Crippen LogP contribution < -0.4 is 10.8 Å². The quantitative estimate of drug-likeness (QED) is 0.421. The van der Waals surface area contributed by atoms with E-state index in [4.69, 9.17) is 5.41 Å². The molecule has 3 N–H and O–H groups in total. The maximum Gasteiger partial charge on any atom is 0.230 e. The van der Waals surface area contributed by atoms with Crippen LogP contribution in [0.2, 0.25) is 0 Å². The Kier molecular flexibility index (Phi) is 6.18. The Balaban J connectivity index is 2.02. The minimum atomic E-state index is -0.0427. The predicted octanol–water partition coefficient (Wildman–Crippen LogP) is 3.11. The van der Waals surface area contributed by atoms with Crippen LogP contribution >= 0.6 is 11.8 Å². The lowest BCUT2D eigenvalue weighted by Gasteiger charge is -2.15. The Hall–Kier alpha value is -2.61. The first-order valence-corrected chi connectivity index (χ1v) is 10.5. The van der Waals surface area contributed by atoms with Gasteiger partial charge in [-0.25, -0.2) is 4.98 Å². The molecule has 0 aliphatic rings. The van der Waals surface area contributed by atoms with Crippen LogP contribution in [0.5, 0.6) is 0 Å². The number of thioether (sulfide) groups is 1. The summed E-state index contributed by atoms with van der Waals surface area (Å²) in [5, 5.41) is 20.1. The average molecular weight is 399 g/mol. The summed E-state index contributed by atoms with van der Waals surface area (Å²) in [6, 6.07) is 8.22. The molecule has 0 spiro atoms. The van der Waals surface area contributed by atoms with Crippen molar-refractivity contribution in [3.05, 3.63) is 41.0 Å². The first-order chi connectivity index (χ1) is 13.4. The van der Waals surface area contributed by atoms with Gasteiger partial charge in [0.1, 0.15) is 5.49 Å².